The van der Waals surface area contributed by atoms with Crippen molar-refractivity contribution >= 4 is 17.7 Å². The fraction of sp³-hybridized carbons (Fsp3) is 0.381. The van der Waals surface area contributed by atoms with Gasteiger partial charge in [-0.05, 0) is 44.4 Å². The Kier molecular flexibility index (Phi) is 7.37. The highest BCUT2D eigenvalue weighted by molar-refractivity contribution is 6.02. The number of H-pyrrole nitrogens is 1. The van der Waals surface area contributed by atoms with Gasteiger partial charge in [0.1, 0.15) is 5.75 Å². The number of rotatable bonds is 9. The third-order valence-electron chi connectivity index (χ3n) is 4.35. The van der Waals surface area contributed by atoms with E-state index in [0.29, 0.717) is 29.0 Å². The number of aromatic amines is 1. The molecule has 2 aromatic rings. The molecular formula is C21H25NO6. The van der Waals surface area contributed by atoms with Crippen LogP contribution in [-0.4, -0.2) is 43.0 Å². The summed E-state index contributed by atoms with van der Waals surface area (Å²) in [6, 6.07) is 7.41. The van der Waals surface area contributed by atoms with E-state index in [1.54, 1.807) is 27.9 Å². The first-order valence-corrected chi connectivity index (χ1v) is 9.06. The van der Waals surface area contributed by atoms with E-state index in [-0.39, 0.29) is 18.7 Å². The van der Waals surface area contributed by atoms with Crippen molar-refractivity contribution in [1.82, 2.24) is 4.98 Å². The quantitative estimate of drug-likeness (QED) is 0.525. The molecule has 0 aliphatic carbocycles. The number of ketones is 1. The predicted octanol–water partition coefficient (Wildman–Crippen LogP) is 3.18. The Morgan fingerprint density at radius 3 is 2.46 bits per heavy atom. The Morgan fingerprint density at radius 2 is 1.79 bits per heavy atom. The fourth-order valence-electron chi connectivity index (χ4n) is 2.97. The Balaban J connectivity index is 1.94. The monoisotopic (exact) mass is 387 g/mol. The zero-order valence-corrected chi connectivity index (χ0v) is 16.6. The molecule has 0 aliphatic heterocycles. The molecule has 7 heteroatoms. The number of Topliss-reactive ketones (excluding diaryl/α,β-unsaturated/α-hetero) is 1. The number of aryl methyl sites for hydroxylation is 2. The largest absolute Gasteiger partial charge is 0.496 e. The lowest BCUT2D eigenvalue weighted by Gasteiger charge is -2.08. The van der Waals surface area contributed by atoms with Gasteiger partial charge in [0.2, 0.25) is 5.78 Å². The van der Waals surface area contributed by atoms with Crippen LogP contribution in [0.1, 0.15) is 51.0 Å². The van der Waals surface area contributed by atoms with E-state index in [9.17, 15) is 14.4 Å². The molecule has 0 radical (unpaired) electrons. The van der Waals surface area contributed by atoms with Gasteiger partial charge in [-0.3, -0.25) is 9.59 Å². The van der Waals surface area contributed by atoms with Crippen molar-refractivity contribution in [3.8, 4) is 5.75 Å². The normalized spacial score (nSPS) is 10.4. The van der Waals surface area contributed by atoms with Crippen LogP contribution in [0.25, 0.3) is 0 Å². The minimum atomic E-state index is -0.485. The second-order valence-corrected chi connectivity index (χ2v) is 6.24. The summed E-state index contributed by atoms with van der Waals surface area (Å²) in [7, 11) is 1.57. The van der Waals surface area contributed by atoms with E-state index in [2.05, 4.69) is 4.98 Å². The van der Waals surface area contributed by atoms with E-state index < -0.39 is 24.3 Å². The van der Waals surface area contributed by atoms with Crippen LogP contribution in [0.5, 0.6) is 5.75 Å². The summed E-state index contributed by atoms with van der Waals surface area (Å²) in [6.07, 6.45) is 0.579. The summed E-state index contributed by atoms with van der Waals surface area (Å²) in [5.41, 5.74) is 2.52. The number of aromatic nitrogens is 1. The van der Waals surface area contributed by atoms with Gasteiger partial charge in [0.05, 0.1) is 25.0 Å². The number of carbonyl (C=O) groups is 3. The van der Waals surface area contributed by atoms with Crippen LogP contribution in [-0.2, 0) is 20.7 Å². The number of para-hydroxylation sites is 1. The molecule has 1 aromatic heterocycles. The highest BCUT2D eigenvalue weighted by Gasteiger charge is 2.23. The average Bonchev–Trinajstić information content (AvgIpc) is 2.99. The second kappa shape index (κ2) is 9.73. The molecule has 7 nitrogen and oxygen atoms in total. The first-order valence-electron chi connectivity index (χ1n) is 9.06. The molecule has 0 bridgehead atoms. The van der Waals surface area contributed by atoms with Crippen LogP contribution in [0.4, 0.5) is 0 Å². The molecule has 1 N–H and O–H groups in total. The first-order chi connectivity index (χ1) is 13.4. The zero-order chi connectivity index (χ0) is 20.7. The van der Waals surface area contributed by atoms with E-state index in [1.165, 1.54) is 0 Å². The Hall–Kier alpha value is -3.09. The van der Waals surface area contributed by atoms with Gasteiger partial charge >= 0.3 is 11.9 Å². The van der Waals surface area contributed by atoms with Crippen LogP contribution < -0.4 is 4.74 Å². The van der Waals surface area contributed by atoms with Gasteiger partial charge in [0.15, 0.2) is 6.61 Å². The van der Waals surface area contributed by atoms with E-state index in [1.807, 2.05) is 24.3 Å². The minimum absolute atomic E-state index is 0.129. The Morgan fingerprint density at radius 1 is 1.07 bits per heavy atom. The number of benzene rings is 1. The standard InChI is InChI=1S/C21H25NO6/c1-5-27-21(25)19-13(2)20(22-14(19)3)16(23)12-28-18(24)11-10-15-8-6-7-9-17(15)26-4/h6-9,22H,5,10-12H2,1-4H3. The number of nitrogens with one attached hydrogen (secondary N) is 1. The maximum atomic E-state index is 12.4. The maximum Gasteiger partial charge on any atom is 0.340 e. The summed E-state index contributed by atoms with van der Waals surface area (Å²) >= 11 is 0. The van der Waals surface area contributed by atoms with Crippen molar-refractivity contribution < 1.29 is 28.6 Å². The summed E-state index contributed by atoms with van der Waals surface area (Å²) in [6.45, 7) is 4.91. The molecule has 0 atom stereocenters. The fourth-order valence-corrected chi connectivity index (χ4v) is 2.97. The lowest BCUT2D eigenvalue weighted by molar-refractivity contribution is -0.142. The van der Waals surface area contributed by atoms with Gasteiger partial charge in [-0.2, -0.15) is 0 Å². The van der Waals surface area contributed by atoms with Crippen LogP contribution in [0.15, 0.2) is 24.3 Å². The summed E-state index contributed by atoms with van der Waals surface area (Å²) in [5, 5.41) is 0. The molecule has 28 heavy (non-hydrogen) atoms. The molecule has 0 unspecified atom stereocenters. The van der Waals surface area contributed by atoms with Crippen molar-refractivity contribution in [2.45, 2.75) is 33.6 Å². The third-order valence-corrected chi connectivity index (χ3v) is 4.35. The van der Waals surface area contributed by atoms with Crippen molar-refractivity contribution in [3.63, 3.8) is 0 Å². The van der Waals surface area contributed by atoms with Gasteiger partial charge in [0.25, 0.3) is 0 Å². The molecule has 150 valence electrons. The average molecular weight is 387 g/mol. The molecule has 0 saturated carbocycles. The lowest BCUT2D eigenvalue weighted by Crippen LogP contribution is -2.16. The SMILES string of the molecule is CCOC(=O)c1c(C)[nH]c(C(=O)COC(=O)CCc2ccccc2OC)c1C. The molecule has 0 amide bonds. The third kappa shape index (κ3) is 5.00. The smallest absolute Gasteiger partial charge is 0.340 e. The topological polar surface area (TPSA) is 94.7 Å². The molecule has 2 rings (SSSR count). The lowest BCUT2D eigenvalue weighted by atomic mass is 10.1. The summed E-state index contributed by atoms with van der Waals surface area (Å²) in [4.78, 5) is 39.3. The number of hydrogen-bond donors (Lipinski definition) is 1. The van der Waals surface area contributed by atoms with Gasteiger partial charge < -0.3 is 19.2 Å². The van der Waals surface area contributed by atoms with Crippen molar-refractivity contribution in [2.24, 2.45) is 0 Å². The van der Waals surface area contributed by atoms with Crippen LogP contribution in [0.2, 0.25) is 0 Å². The van der Waals surface area contributed by atoms with Gasteiger partial charge in [-0.25, -0.2) is 4.79 Å². The van der Waals surface area contributed by atoms with Gasteiger partial charge in [0, 0.05) is 12.1 Å². The van der Waals surface area contributed by atoms with Crippen molar-refractivity contribution in [1.29, 1.82) is 0 Å². The van der Waals surface area contributed by atoms with Crippen LogP contribution >= 0.6 is 0 Å². The van der Waals surface area contributed by atoms with Crippen molar-refractivity contribution in [3.05, 3.63) is 52.3 Å². The van der Waals surface area contributed by atoms with Crippen LogP contribution in [0, 0.1) is 13.8 Å². The van der Waals surface area contributed by atoms with Crippen molar-refractivity contribution in [2.75, 3.05) is 20.3 Å². The minimum Gasteiger partial charge on any atom is -0.496 e. The van der Waals surface area contributed by atoms with Gasteiger partial charge in [-0.15, -0.1) is 0 Å². The number of hydrogen-bond acceptors (Lipinski definition) is 6. The molecule has 1 aromatic carbocycles. The van der Waals surface area contributed by atoms with E-state index in [0.717, 1.165) is 5.56 Å². The molecule has 0 saturated heterocycles. The zero-order valence-electron chi connectivity index (χ0n) is 16.6. The first kappa shape index (κ1) is 21.2. The molecule has 1 heterocycles. The second-order valence-electron chi connectivity index (χ2n) is 6.24. The van der Waals surface area contributed by atoms with E-state index in [4.69, 9.17) is 14.2 Å². The van der Waals surface area contributed by atoms with E-state index >= 15 is 0 Å². The number of methoxy groups -OCH3 is 1. The maximum absolute atomic E-state index is 12.4. The Bertz CT molecular complexity index is 868. The number of carbonyl (C=O) groups excluding carboxylic acids is 3. The predicted molar refractivity (Wildman–Crippen MR) is 103 cm³/mol. The molecule has 0 spiro atoms. The van der Waals surface area contributed by atoms with Gasteiger partial charge in [-0.1, -0.05) is 18.2 Å². The number of ether oxygens (including phenoxy) is 3. The number of esters is 2. The highest BCUT2D eigenvalue weighted by Crippen LogP contribution is 2.20. The molecular weight excluding hydrogens is 362 g/mol. The summed E-state index contributed by atoms with van der Waals surface area (Å²) in [5.74, 6) is -0.662. The highest BCUT2D eigenvalue weighted by atomic mass is 16.5. The Labute approximate surface area is 164 Å². The van der Waals surface area contributed by atoms with Crippen LogP contribution in [0.3, 0.4) is 0 Å². The molecule has 0 aliphatic rings. The molecule has 0 fully saturated rings. The summed E-state index contributed by atoms with van der Waals surface area (Å²) < 4.78 is 15.4.